The number of aromatic nitrogens is 4. The van der Waals surface area contributed by atoms with Gasteiger partial charge in [-0.1, -0.05) is 31.2 Å². The highest BCUT2D eigenvalue weighted by molar-refractivity contribution is 5.77. The van der Waals surface area contributed by atoms with Crippen molar-refractivity contribution in [2.75, 3.05) is 11.4 Å². The molecule has 0 aliphatic carbocycles. The largest absolute Gasteiger partial charge is 0.332 e. The number of aryl methyl sites for hydroxylation is 3. The fourth-order valence-corrected chi connectivity index (χ4v) is 4.77. The minimum atomic E-state index is -0.516. The number of hydrogen-bond acceptors (Lipinski definition) is 4. The maximum atomic E-state index is 14.3. The van der Waals surface area contributed by atoms with Gasteiger partial charge in [-0.05, 0) is 49.1 Å². The van der Waals surface area contributed by atoms with Gasteiger partial charge in [0.25, 0.3) is 5.56 Å². The van der Waals surface area contributed by atoms with Gasteiger partial charge in [0.1, 0.15) is 5.82 Å². The van der Waals surface area contributed by atoms with Gasteiger partial charge in [0.05, 0.1) is 6.54 Å². The summed E-state index contributed by atoms with van der Waals surface area (Å²) in [5, 5.41) is 0. The molecule has 3 heterocycles. The van der Waals surface area contributed by atoms with Crippen molar-refractivity contribution < 1.29 is 4.39 Å². The van der Waals surface area contributed by atoms with Crippen LogP contribution in [0.2, 0.25) is 0 Å². The monoisotopic (exact) mass is 447 g/mol. The quantitative estimate of drug-likeness (QED) is 0.482. The van der Waals surface area contributed by atoms with Gasteiger partial charge in [-0.2, -0.15) is 4.98 Å². The molecule has 8 heteroatoms. The number of benzene rings is 2. The molecule has 0 N–H and O–H groups in total. The average molecular weight is 448 g/mol. The van der Waals surface area contributed by atoms with Crippen molar-refractivity contribution in [1.82, 2.24) is 18.7 Å². The lowest BCUT2D eigenvalue weighted by atomic mass is 10.1. The Balaban J connectivity index is 1.74. The third-order valence-electron chi connectivity index (χ3n) is 6.25. The van der Waals surface area contributed by atoms with Crippen LogP contribution in [0.1, 0.15) is 23.6 Å². The first-order valence-corrected chi connectivity index (χ1v) is 11.0. The van der Waals surface area contributed by atoms with Crippen LogP contribution in [0, 0.1) is 25.6 Å². The maximum Gasteiger partial charge on any atom is 0.332 e. The Morgan fingerprint density at radius 3 is 2.45 bits per heavy atom. The molecular weight excluding hydrogens is 421 g/mol. The van der Waals surface area contributed by atoms with E-state index < -0.39 is 17.1 Å². The number of nitrogens with zero attached hydrogens (tertiary/aromatic N) is 5. The normalized spacial score (nSPS) is 15.8. The Kier molecular flexibility index (Phi) is 4.96. The second-order valence-corrected chi connectivity index (χ2v) is 9.08. The maximum absolute atomic E-state index is 14.3. The summed E-state index contributed by atoms with van der Waals surface area (Å²) in [5.41, 5.74) is 3.32. The Morgan fingerprint density at radius 1 is 1.06 bits per heavy atom. The topological polar surface area (TPSA) is 65.1 Å². The minimum Gasteiger partial charge on any atom is -0.312 e. The summed E-state index contributed by atoms with van der Waals surface area (Å²) in [6, 6.07) is 12.5. The average Bonchev–Trinajstić information content (AvgIpc) is 3.14. The van der Waals surface area contributed by atoms with Crippen LogP contribution in [-0.2, 0) is 20.1 Å². The van der Waals surface area contributed by atoms with Gasteiger partial charge in [0, 0.05) is 31.4 Å². The molecule has 33 heavy (non-hydrogen) atoms. The SMILES string of the molecule is Cc1cc(C)cc(N2CC(C)Cn3c2nc2c3c(=O)n(Cc3ccccc3F)c(=O)n2C)c1. The van der Waals surface area contributed by atoms with Crippen molar-refractivity contribution in [3.8, 4) is 0 Å². The highest BCUT2D eigenvalue weighted by Gasteiger charge is 2.30. The molecule has 5 rings (SSSR count). The molecule has 1 atom stereocenters. The summed E-state index contributed by atoms with van der Waals surface area (Å²) >= 11 is 0. The van der Waals surface area contributed by atoms with Crippen molar-refractivity contribution in [3.05, 3.63) is 85.8 Å². The smallest absolute Gasteiger partial charge is 0.312 e. The van der Waals surface area contributed by atoms with Crippen LogP contribution in [-0.4, -0.2) is 25.2 Å². The van der Waals surface area contributed by atoms with Crippen molar-refractivity contribution in [2.45, 2.75) is 33.9 Å². The first-order valence-electron chi connectivity index (χ1n) is 11.0. The number of hydrogen-bond donors (Lipinski definition) is 0. The highest BCUT2D eigenvalue weighted by atomic mass is 19.1. The van der Waals surface area contributed by atoms with Crippen LogP contribution in [0.3, 0.4) is 0 Å². The molecule has 7 nitrogen and oxygen atoms in total. The summed E-state index contributed by atoms with van der Waals surface area (Å²) in [6.45, 7) is 7.47. The number of anilines is 2. The predicted molar refractivity (Wildman–Crippen MR) is 127 cm³/mol. The molecular formula is C25H26FN5O2. The molecule has 1 unspecified atom stereocenters. The fraction of sp³-hybridized carbons (Fsp3) is 0.320. The van der Waals surface area contributed by atoms with Crippen LogP contribution < -0.4 is 16.1 Å². The van der Waals surface area contributed by atoms with Crippen LogP contribution >= 0.6 is 0 Å². The molecule has 0 spiro atoms. The molecule has 0 saturated carbocycles. The van der Waals surface area contributed by atoms with E-state index >= 15 is 0 Å². The van der Waals surface area contributed by atoms with E-state index in [2.05, 4.69) is 43.9 Å². The summed E-state index contributed by atoms with van der Waals surface area (Å²) in [7, 11) is 1.60. The third kappa shape index (κ3) is 3.46. The molecule has 0 amide bonds. The number of imidazole rings is 1. The number of fused-ring (bicyclic) bond motifs is 3. The Hall–Kier alpha value is -3.68. The van der Waals surface area contributed by atoms with Crippen molar-refractivity contribution in [3.63, 3.8) is 0 Å². The van der Waals surface area contributed by atoms with Crippen molar-refractivity contribution in [2.24, 2.45) is 13.0 Å². The van der Waals surface area contributed by atoms with Crippen LogP contribution in [0.4, 0.5) is 16.0 Å². The summed E-state index contributed by atoms with van der Waals surface area (Å²) in [5.74, 6) is 0.452. The summed E-state index contributed by atoms with van der Waals surface area (Å²) in [4.78, 5) is 33.5. The Morgan fingerprint density at radius 2 is 1.76 bits per heavy atom. The lowest BCUT2D eigenvalue weighted by Gasteiger charge is -2.33. The first kappa shape index (κ1) is 21.2. The van der Waals surface area contributed by atoms with Crippen LogP contribution in [0.5, 0.6) is 0 Å². The molecule has 1 aliphatic rings. The van der Waals surface area contributed by atoms with Gasteiger partial charge in [0.2, 0.25) is 5.95 Å². The van der Waals surface area contributed by atoms with E-state index in [1.807, 2.05) is 4.57 Å². The van der Waals surface area contributed by atoms with E-state index in [4.69, 9.17) is 4.98 Å². The Bertz CT molecular complexity index is 1490. The second kappa shape index (κ2) is 7.72. The molecule has 2 aromatic heterocycles. The summed E-state index contributed by atoms with van der Waals surface area (Å²) < 4.78 is 18.7. The van der Waals surface area contributed by atoms with Gasteiger partial charge >= 0.3 is 5.69 Å². The van der Waals surface area contributed by atoms with E-state index in [1.165, 1.54) is 10.6 Å². The number of halogens is 1. The van der Waals surface area contributed by atoms with Crippen LogP contribution in [0.15, 0.2) is 52.1 Å². The second-order valence-electron chi connectivity index (χ2n) is 9.08. The van der Waals surface area contributed by atoms with E-state index in [9.17, 15) is 14.0 Å². The molecule has 4 aromatic rings. The molecule has 1 aliphatic heterocycles. The molecule has 0 fully saturated rings. The molecule has 170 valence electrons. The van der Waals surface area contributed by atoms with Gasteiger partial charge < -0.3 is 9.47 Å². The standard InChI is InChI=1S/C25H26FN5O2/c1-15-9-16(2)11-19(10-15)29-12-17(3)13-30-21-22(27-24(29)30)28(4)25(33)31(23(21)32)14-18-7-5-6-8-20(18)26/h5-11,17H,12-14H2,1-4H3. The lowest BCUT2D eigenvalue weighted by molar-refractivity contribution is 0.458. The van der Waals surface area contributed by atoms with E-state index in [1.54, 1.807) is 25.2 Å². The zero-order valence-corrected chi connectivity index (χ0v) is 19.2. The molecule has 0 saturated heterocycles. The third-order valence-corrected chi connectivity index (χ3v) is 6.25. The van der Waals surface area contributed by atoms with Crippen LogP contribution in [0.25, 0.3) is 11.2 Å². The fourth-order valence-electron chi connectivity index (χ4n) is 4.77. The van der Waals surface area contributed by atoms with Gasteiger partial charge in [-0.25, -0.2) is 9.18 Å². The van der Waals surface area contributed by atoms with E-state index in [-0.39, 0.29) is 12.5 Å². The first-order chi connectivity index (χ1) is 15.7. The zero-order chi connectivity index (χ0) is 23.4. The minimum absolute atomic E-state index is 0.134. The molecule has 0 radical (unpaired) electrons. The van der Waals surface area contributed by atoms with Crippen molar-refractivity contribution >= 4 is 22.8 Å². The van der Waals surface area contributed by atoms with Crippen molar-refractivity contribution in [1.29, 1.82) is 0 Å². The van der Waals surface area contributed by atoms with E-state index in [0.29, 0.717) is 29.2 Å². The van der Waals surface area contributed by atoms with Gasteiger partial charge in [0.15, 0.2) is 11.2 Å². The number of rotatable bonds is 3. The molecule has 0 bridgehead atoms. The zero-order valence-electron chi connectivity index (χ0n) is 19.2. The van der Waals surface area contributed by atoms with E-state index in [0.717, 1.165) is 27.9 Å². The molecule has 2 aromatic carbocycles. The predicted octanol–water partition coefficient (Wildman–Crippen LogP) is 3.49. The Labute approximate surface area is 190 Å². The highest BCUT2D eigenvalue weighted by Crippen LogP contribution is 2.33. The van der Waals surface area contributed by atoms with Gasteiger partial charge in [-0.3, -0.25) is 13.9 Å². The lowest BCUT2D eigenvalue weighted by Crippen LogP contribution is -2.40. The van der Waals surface area contributed by atoms with Gasteiger partial charge in [-0.15, -0.1) is 0 Å². The summed E-state index contributed by atoms with van der Waals surface area (Å²) in [6.07, 6.45) is 0.